The molecule has 0 saturated heterocycles. The summed E-state index contributed by atoms with van der Waals surface area (Å²) in [5.74, 6) is 1.73. The summed E-state index contributed by atoms with van der Waals surface area (Å²) in [6.45, 7) is 0. The van der Waals surface area contributed by atoms with Gasteiger partial charge < -0.3 is 4.42 Å². The number of rotatable bonds is 5. The minimum Gasteiger partial charge on any atom is -0.455 e. The average molecular weight is 747 g/mol. The summed E-state index contributed by atoms with van der Waals surface area (Å²) in [5, 5.41) is 6.97. The fourth-order valence-electron chi connectivity index (χ4n) is 8.41. The quantitative estimate of drug-likeness (QED) is 0.176. The van der Waals surface area contributed by atoms with E-state index in [-0.39, 0.29) is 0 Å². The van der Waals surface area contributed by atoms with Crippen LogP contribution in [-0.4, -0.2) is 19.5 Å². The predicted molar refractivity (Wildman–Crippen MR) is 236 cm³/mol. The van der Waals surface area contributed by atoms with Gasteiger partial charge in [0, 0.05) is 64.0 Å². The summed E-state index contributed by atoms with van der Waals surface area (Å²) in [5.41, 5.74) is 10.0. The number of fused-ring (bicyclic) bond motifs is 9. The second kappa shape index (κ2) is 12.6. The second-order valence-electron chi connectivity index (χ2n) is 14.4. The van der Waals surface area contributed by atoms with E-state index in [1.165, 1.54) is 25.7 Å². The van der Waals surface area contributed by atoms with Gasteiger partial charge in [0.2, 0.25) is 5.95 Å². The van der Waals surface area contributed by atoms with Gasteiger partial charge in [-0.3, -0.25) is 4.57 Å². The molecule has 8 aromatic carbocycles. The number of furan rings is 1. The molecule has 0 aliphatic heterocycles. The smallest absolute Gasteiger partial charge is 0.238 e. The Morgan fingerprint density at radius 3 is 1.75 bits per heavy atom. The second-order valence-corrected chi connectivity index (χ2v) is 15.4. The molecule has 0 atom stereocenters. The summed E-state index contributed by atoms with van der Waals surface area (Å²) in [4.78, 5) is 15.5. The van der Waals surface area contributed by atoms with Crippen molar-refractivity contribution in [2.24, 2.45) is 0 Å². The van der Waals surface area contributed by atoms with Crippen molar-refractivity contribution in [1.29, 1.82) is 0 Å². The molecule has 266 valence electrons. The van der Waals surface area contributed by atoms with Crippen molar-refractivity contribution in [1.82, 2.24) is 19.5 Å². The molecule has 0 aliphatic carbocycles. The van der Waals surface area contributed by atoms with E-state index in [1.807, 2.05) is 17.4 Å². The molecule has 0 aliphatic rings. The monoisotopic (exact) mass is 746 g/mol. The molecule has 0 spiro atoms. The first kappa shape index (κ1) is 31.9. The average Bonchev–Trinajstić information content (AvgIpc) is 3.96. The number of aromatic nitrogens is 4. The largest absolute Gasteiger partial charge is 0.455 e. The molecule has 12 rings (SSSR count). The van der Waals surface area contributed by atoms with Crippen molar-refractivity contribution in [2.45, 2.75) is 0 Å². The van der Waals surface area contributed by atoms with E-state index in [9.17, 15) is 0 Å². The minimum atomic E-state index is 0.558. The van der Waals surface area contributed by atoms with E-state index in [1.54, 1.807) is 0 Å². The van der Waals surface area contributed by atoms with Crippen molar-refractivity contribution in [3.05, 3.63) is 182 Å². The van der Waals surface area contributed by atoms with Crippen molar-refractivity contribution < 1.29 is 4.42 Å². The highest BCUT2D eigenvalue weighted by atomic mass is 32.1. The van der Waals surface area contributed by atoms with E-state index < -0.39 is 0 Å². The van der Waals surface area contributed by atoms with Gasteiger partial charge in [0.25, 0.3) is 0 Å². The third-order valence-corrected chi connectivity index (χ3v) is 12.3. The van der Waals surface area contributed by atoms with Gasteiger partial charge in [0.05, 0.1) is 11.0 Å². The number of thiophene rings is 1. The van der Waals surface area contributed by atoms with Crippen LogP contribution in [0, 0.1) is 0 Å². The fourth-order valence-corrected chi connectivity index (χ4v) is 9.64. The van der Waals surface area contributed by atoms with E-state index in [2.05, 4.69) is 180 Å². The molecule has 6 heteroatoms. The van der Waals surface area contributed by atoms with E-state index in [4.69, 9.17) is 19.4 Å². The number of hydrogen-bond donors (Lipinski definition) is 0. The molecular weight excluding hydrogens is 717 g/mol. The van der Waals surface area contributed by atoms with Crippen molar-refractivity contribution in [3.8, 4) is 51.0 Å². The zero-order valence-corrected chi connectivity index (χ0v) is 31.2. The van der Waals surface area contributed by atoms with Crippen molar-refractivity contribution >= 4 is 75.3 Å². The Labute approximate surface area is 330 Å². The highest BCUT2D eigenvalue weighted by molar-refractivity contribution is 7.26. The summed E-state index contributed by atoms with van der Waals surface area (Å²) < 4.78 is 11.5. The first-order valence-corrected chi connectivity index (χ1v) is 19.8. The Morgan fingerprint density at radius 1 is 0.404 bits per heavy atom. The van der Waals surface area contributed by atoms with E-state index in [0.29, 0.717) is 17.6 Å². The molecule has 0 amide bonds. The highest BCUT2D eigenvalue weighted by Crippen LogP contribution is 2.44. The lowest BCUT2D eigenvalue weighted by atomic mass is 10.00. The maximum Gasteiger partial charge on any atom is 0.238 e. The van der Waals surface area contributed by atoms with Crippen LogP contribution in [0.1, 0.15) is 0 Å². The molecule has 0 unspecified atom stereocenters. The molecule has 0 bridgehead atoms. The Hall–Kier alpha value is -7.41. The van der Waals surface area contributed by atoms with Gasteiger partial charge in [-0.05, 0) is 41.5 Å². The van der Waals surface area contributed by atoms with Crippen LogP contribution in [0.3, 0.4) is 0 Å². The van der Waals surface area contributed by atoms with Crippen LogP contribution in [-0.2, 0) is 0 Å². The lowest BCUT2D eigenvalue weighted by Crippen LogP contribution is -2.06. The first-order chi connectivity index (χ1) is 28.2. The van der Waals surface area contributed by atoms with Crippen molar-refractivity contribution in [2.75, 3.05) is 0 Å². The molecular formula is C51H30N4OS. The number of benzene rings is 8. The molecule has 0 N–H and O–H groups in total. The van der Waals surface area contributed by atoms with Crippen LogP contribution in [0.25, 0.3) is 115 Å². The van der Waals surface area contributed by atoms with Crippen LogP contribution in [0.2, 0.25) is 0 Å². The molecule has 5 nitrogen and oxygen atoms in total. The van der Waals surface area contributed by atoms with Crippen LogP contribution in [0.15, 0.2) is 186 Å². The topological polar surface area (TPSA) is 56.7 Å². The lowest BCUT2D eigenvalue weighted by Gasteiger charge is -2.11. The van der Waals surface area contributed by atoms with Gasteiger partial charge in [0.1, 0.15) is 11.2 Å². The Balaban J connectivity index is 1.04. The molecule has 0 fully saturated rings. The van der Waals surface area contributed by atoms with Gasteiger partial charge in [-0.2, -0.15) is 9.97 Å². The number of para-hydroxylation sites is 3. The van der Waals surface area contributed by atoms with E-state index >= 15 is 0 Å². The molecule has 4 aromatic heterocycles. The van der Waals surface area contributed by atoms with Crippen LogP contribution >= 0.6 is 11.3 Å². The van der Waals surface area contributed by atoms with Gasteiger partial charge >= 0.3 is 0 Å². The standard InChI is InChI=1S/C51H30N4OS/c1-2-12-31(13-3-1)32-24-26-33(27-25-32)49-52-50(54-51(53-49)55-43-21-7-4-14-35(43)36-15-5-8-22-44(36)55)34-28-29-37-39-17-10-18-40(47(39)56-45(37)30-34)42-20-11-19-41-38-16-6-9-23-46(38)57-48(41)42/h1-30H. The predicted octanol–water partition coefficient (Wildman–Crippen LogP) is 13.9. The van der Waals surface area contributed by atoms with Crippen LogP contribution < -0.4 is 0 Å². The zero-order chi connectivity index (χ0) is 37.5. The third-order valence-electron chi connectivity index (χ3n) is 11.1. The van der Waals surface area contributed by atoms with E-state index in [0.717, 1.165) is 71.6 Å². The Bertz CT molecular complexity index is 3470. The highest BCUT2D eigenvalue weighted by Gasteiger charge is 2.20. The normalized spacial score (nSPS) is 11.9. The molecule has 0 radical (unpaired) electrons. The molecule has 57 heavy (non-hydrogen) atoms. The molecule has 4 heterocycles. The maximum absolute atomic E-state index is 6.84. The Kier molecular flexibility index (Phi) is 7.03. The van der Waals surface area contributed by atoms with Gasteiger partial charge in [-0.1, -0.05) is 152 Å². The van der Waals surface area contributed by atoms with Gasteiger partial charge in [-0.15, -0.1) is 11.3 Å². The summed E-state index contributed by atoms with van der Waals surface area (Å²) in [7, 11) is 0. The van der Waals surface area contributed by atoms with Crippen molar-refractivity contribution in [3.63, 3.8) is 0 Å². The lowest BCUT2D eigenvalue weighted by molar-refractivity contribution is 0.670. The SMILES string of the molecule is c1ccc(-c2ccc(-c3nc(-c4ccc5c(c4)oc4c(-c6cccc7c6sc6ccccc67)cccc45)nc(-n4c5ccccc5c5ccccc54)n3)cc2)cc1. The number of hydrogen-bond acceptors (Lipinski definition) is 5. The summed E-state index contributed by atoms with van der Waals surface area (Å²) >= 11 is 1.83. The zero-order valence-electron chi connectivity index (χ0n) is 30.4. The maximum atomic E-state index is 6.84. The minimum absolute atomic E-state index is 0.558. The molecule has 0 saturated carbocycles. The summed E-state index contributed by atoms with van der Waals surface area (Å²) in [6, 6.07) is 63.7. The van der Waals surface area contributed by atoms with Gasteiger partial charge in [-0.25, -0.2) is 4.98 Å². The Morgan fingerprint density at radius 2 is 0.982 bits per heavy atom. The summed E-state index contributed by atoms with van der Waals surface area (Å²) in [6.07, 6.45) is 0. The third kappa shape index (κ3) is 5.04. The molecule has 12 aromatic rings. The fraction of sp³-hybridized carbons (Fsp3) is 0. The van der Waals surface area contributed by atoms with Crippen LogP contribution in [0.5, 0.6) is 0 Å². The number of nitrogens with zero attached hydrogens (tertiary/aromatic N) is 4. The van der Waals surface area contributed by atoms with Crippen LogP contribution in [0.4, 0.5) is 0 Å². The first-order valence-electron chi connectivity index (χ1n) is 19.0. The van der Waals surface area contributed by atoms with Gasteiger partial charge in [0.15, 0.2) is 11.6 Å².